The summed E-state index contributed by atoms with van der Waals surface area (Å²) >= 11 is 12.7. The van der Waals surface area contributed by atoms with E-state index in [4.69, 9.17) is 28.3 Å². The maximum atomic E-state index is 6.48. The Morgan fingerprint density at radius 2 is 1.88 bits per heavy atom. The number of fused-ring (bicyclic) bond motifs is 3. The Bertz CT molecular complexity index is 959. The molecule has 0 saturated heterocycles. The molecule has 0 spiro atoms. The van der Waals surface area contributed by atoms with E-state index in [0.717, 1.165) is 22.6 Å². The van der Waals surface area contributed by atoms with E-state index < -0.39 is 0 Å². The average molecular weight is 358 g/mol. The Kier molecular flexibility index (Phi) is 3.59. The summed E-state index contributed by atoms with van der Waals surface area (Å²) in [5.41, 5.74) is 7.71. The number of nitrogens with one attached hydrogen (secondary N) is 1. The van der Waals surface area contributed by atoms with Crippen molar-refractivity contribution < 1.29 is 0 Å². The molecule has 0 fully saturated rings. The van der Waals surface area contributed by atoms with Gasteiger partial charge in [0.1, 0.15) is 6.17 Å². The minimum Gasteiger partial charge on any atom is -0.359 e. The number of nitrogens with zero attached hydrogens (tertiary/aromatic N) is 2. The minimum atomic E-state index is -0.186. The molecule has 3 nitrogen and oxygen atoms in total. The van der Waals surface area contributed by atoms with Crippen LogP contribution in [0.5, 0.6) is 0 Å². The van der Waals surface area contributed by atoms with Gasteiger partial charge in [-0.1, -0.05) is 47.0 Å². The van der Waals surface area contributed by atoms with E-state index in [2.05, 4.69) is 37.4 Å². The molecule has 1 aromatic heterocycles. The average Bonchev–Trinajstić information content (AvgIpc) is 2.92. The van der Waals surface area contributed by atoms with Crippen LogP contribution >= 0.6 is 23.2 Å². The molecule has 1 aliphatic rings. The first-order valence-electron chi connectivity index (χ1n) is 7.84. The van der Waals surface area contributed by atoms with E-state index in [9.17, 15) is 0 Å². The van der Waals surface area contributed by atoms with Crippen molar-refractivity contribution in [3.05, 3.63) is 68.8 Å². The maximum absolute atomic E-state index is 6.48. The molecule has 2 aromatic carbocycles. The number of rotatable bonds is 1. The fourth-order valence-corrected chi connectivity index (χ4v) is 3.83. The van der Waals surface area contributed by atoms with Gasteiger partial charge in [-0.25, -0.2) is 4.68 Å². The third kappa shape index (κ3) is 2.31. The predicted octanol–water partition coefficient (Wildman–Crippen LogP) is 5.75. The highest BCUT2D eigenvalue weighted by Gasteiger charge is 2.29. The van der Waals surface area contributed by atoms with E-state index in [0.29, 0.717) is 10.0 Å². The molecule has 3 aromatic rings. The Labute approximate surface area is 151 Å². The van der Waals surface area contributed by atoms with Crippen molar-refractivity contribution >= 4 is 28.9 Å². The molecule has 1 aliphatic heterocycles. The van der Waals surface area contributed by atoms with Crippen LogP contribution in [0.1, 0.15) is 28.6 Å². The van der Waals surface area contributed by atoms with Crippen LogP contribution < -0.4 is 5.32 Å². The van der Waals surface area contributed by atoms with Crippen LogP contribution in [0.3, 0.4) is 0 Å². The molecule has 0 aliphatic carbocycles. The van der Waals surface area contributed by atoms with Gasteiger partial charge >= 0.3 is 0 Å². The molecule has 1 unspecified atom stereocenters. The Balaban J connectivity index is 1.98. The number of hydrogen-bond donors (Lipinski definition) is 1. The lowest BCUT2D eigenvalue weighted by molar-refractivity contribution is 0.571. The summed E-state index contributed by atoms with van der Waals surface area (Å²) in [5, 5.41) is 9.40. The first-order valence-corrected chi connectivity index (χ1v) is 8.59. The first-order chi connectivity index (χ1) is 11.5. The summed E-state index contributed by atoms with van der Waals surface area (Å²) in [4.78, 5) is 0. The fourth-order valence-electron chi connectivity index (χ4n) is 3.41. The van der Waals surface area contributed by atoms with Crippen LogP contribution in [0.15, 0.2) is 36.4 Å². The molecular formula is C19H17Cl2N3. The zero-order valence-corrected chi connectivity index (χ0v) is 15.2. The summed E-state index contributed by atoms with van der Waals surface area (Å²) in [5.74, 6) is 0. The van der Waals surface area contributed by atoms with Crippen molar-refractivity contribution in [2.24, 2.45) is 0 Å². The quantitative estimate of drug-likeness (QED) is 0.600. The summed E-state index contributed by atoms with van der Waals surface area (Å²) in [6.45, 7) is 6.24. The summed E-state index contributed by atoms with van der Waals surface area (Å²) in [7, 11) is 0. The molecule has 122 valence electrons. The number of halogens is 2. The molecule has 0 saturated carbocycles. The summed E-state index contributed by atoms with van der Waals surface area (Å²) in [6.07, 6.45) is -0.186. The number of hydrogen-bond acceptors (Lipinski definition) is 2. The first kappa shape index (κ1) is 15.6. The van der Waals surface area contributed by atoms with Gasteiger partial charge in [0.25, 0.3) is 0 Å². The highest BCUT2D eigenvalue weighted by molar-refractivity contribution is 6.42. The highest BCUT2D eigenvalue weighted by Crippen LogP contribution is 2.43. The van der Waals surface area contributed by atoms with Crippen molar-refractivity contribution in [2.45, 2.75) is 26.9 Å². The number of anilines is 1. The van der Waals surface area contributed by atoms with Crippen molar-refractivity contribution in [1.29, 1.82) is 0 Å². The second-order valence-electron chi connectivity index (χ2n) is 6.31. The zero-order valence-electron chi connectivity index (χ0n) is 13.7. The zero-order chi connectivity index (χ0) is 17.0. The third-order valence-electron chi connectivity index (χ3n) is 4.42. The van der Waals surface area contributed by atoms with Gasteiger partial charge in [0.05, 0.1) is 21.4 Å². The van der Waals surface area contributed by atoms with Gasteiger partial charge in [-0.3, -0.25) is 0 Å². The normalized spacial score (nSPS) is 15.6. The summed E-state index contributed by atoms with van der Waals surface area (Å²) < 4.78 is 1.99. The monoisotopic (exact) mass is 357 g/mol. The van der Waals surface area contributed by atoms with E-state index in [1.54, 1.807) is 6.07 Å². The molecule has 0 radical (unpaired) electrons. The smallest absolute Gasteiger partial charge is 0.148 e. The van der Waals surface area contributed by atoms with Crippen LogP contribution in [-0.4, -0.2) is 9.78 Å². The van der Waals surface area contributed by atoms with E-state index >= 15 is 0 Å². The minimum absolute atomic E-state index is 0.186. The Morgan fingerprint density at radius 1 is 1.08 bits per heavy atom. The lowest BCUT2D eigenvalue weighted by atomic mass is 9.98. The number of benzene rings is 2. The molecule has 4 rings (SSSR count). The number of aryl methyl sites for hydroxylation is 3. The topological polar surface area (TPSA) is 29.9 Å². The Morgan fingerprint density at radius 3 is 2.67 bits per heavy atom. The molecular weight excluding hydrogens is 341 g/mol. The number of aromatic nitrogens is 2. The predicted molar refractivity (Wildman–Crippen MR) is 100 cm³/mol. The maximum Gasteiger partial charge on any atom is 0.148 e. The highest BCUT2D eigenvalue weighted by atomic mass is 35.5. The molecule has 5 heteroatoms. The lowest BCUT2D eigenvalue weighted by Gasteiger charge is -2.31. The molecule has 0 bridgehead atoms. The van der Waals surface area contributed by atoms with Crippen molar-refractivity contribution in [3.63, 3.8) is 0 Å². The van der Waals surface area contributed by atoms with Gasteiger partial charge in [0.15, 0.2) is 0 Å². The molecule has 1 N–H and O–H groups in total. The van der Waals surface area contributed by atoms with E-state index in [-0.39, 0.29) is 6.17 Å². The molecule has 2 heterocycles. The van der Waals surface area contributed by atoms with Gasteiger partial charge in [0, 0.05) is 16.8 Å². The van der Waals surface area contributed by atoms with Crippen LogP contribution in [0.25, 0.3) is 11.3 Å². The third-order valence-corrected chi connectivity index (χ3v) is 5.25. The lowest BCUT2D eigenvalue weighted by Crippen LogP contribution is -2.26. The Hall–Kier alpha value is -1.97. The van der Waals surface area contributed by atoms with Crippen molar-refractivity contribution in [3.8, 4) is 11.3 Å². The largest absolute Gasteiger partial charge is 0.359 e. The van der Waals surface area contributed by atoms with Crippen LogP contribution in [0, 0.1) is 20.8 Å². The van der Waals surface area contributed by atoms with E-state index in [1.165, 1.54) is 16.7 Å². The molecule has 1 atom stereocenters. The molecule has 0 amide bonds. The van der Waals surface area contributed by atoms with Crippen molar-refractivity contribution in [1.82, 2.24) is 9.78 Å². The molecule has 24 heavy (non-hydrogen) atoms. The summed E-state index contributed by atoms with van der Waals surface area (Å²) in [6, 6.07) is 12.2. The van der Waals surface area contributed by atoms with Crippen molar-refractivity contribution in [2.75, 3.05) is 5.32 Å². The van der Waals surface area contributed by atoms with Crippen LogP contribution in [0.4, 0.5) is 5.69 Å². The van der Waals surface area contributed by atoms with Gasteiger partial charge in [-0.2, -0.15) is 5.10 Å². The fraction of sp³-hybridized carbons (Fsp3) is 0.211. The SMILES string of the molecule is Cc1cc(C)c2c(c1)-c1cc(C)nn1C(c1cccc(Cl)c1Cl)N2. The van der Waals surface area contributed by atoms with Crippen LogP contribution in [-0.2, 0) is 0 Å². The van der Waals surface area contributed by atoms with Gasteiger partial charge in [-0.05, 0) is 44.5 Å². The second kappa shape index (κ2) is 5.54. The van der Waals surface area contributed by atoms with E-state index in [1.807, 2.05) is 23.7 Å². The second-order valence-corrected chi connectivity index (χ2v) is 7.09. The van der Waals surface area contributed by atoms with Crippen LogP contribution in [0.2, 0.25) is 10.0 Å². The standard InChI is InChI=1S/C19H17Cl2N3/c1-10-7-11(2)18-14(8-10)16-9-12(3)23-24(16)19(22-18)13-5-4-6-15(20)17(13)21/h4-9,19,22H,1-3H3. The van der Waals surface area contributed by atoms with Gasteiger partial charge in [-0.15, -0.1) is 0 Å². The van der Waals surface area contributed by atoms with Gasteiger partial charge < -0.3 is 5.32 Å². The van der Waals surface area contributed by atoms with Gasteiger partial charge in [0.2, 0.25) is 0 Å².